The standard InChI is InChI=1S/2C12H16Br2N2O.Co/c2*1-16(2)5-3-4-15-8-9-6-10(13)7-11(14)12(9)17;/h2*6-8,17H,3-5H2,1-2H3;/q;;+2/p-2. The van der Waals surface area contributed by atoms with Gasteiger partial charge in [0, 0.05) is 43.4 Å². The molecule has 0 fully saturated rings. The molecule has 2 rings (SSSR count). The van der Waals surface area contributed by atoms with Crippen molar-refractivity contribution in [3.05, 3.63) is 53.3 Å². The summed E-state index contributed by atoms with van der Waals surface area (Å²) in [5.74, 6) is -0.0471. The first-order valence-corrected chi connectivity index (χ1v) is 13.8. The molecule has 0 saturated carbocycles. The molecular weight excluding hydrogens is 755 g/mol. The van der Waals surface area contributed by atoms with Gasteiger partial charge in [0.2, 0.25) is 0 Å². The third kappa shape index (κ3) is 14.9. The quantitative estimate of drug-likeness (QED) is 0.242. The number of aliphatic imine (C=N–C) groups is 2. The van der Waals surface area contributed by atoms with Gasteiger partial charge in [-0.2, -0.15) is 0 Å². The maximum Gasteiger partial charge on any atom is 2.00 e. The molecule has 0 saturated heterocycles. The Morgan fingerprint density at radius 1 is 0.686 bits per heavy atom. The average Bonchev–Trinajstić information content (AvgIpc) is 2.74. The van der Waals surface area contributed by atoms with Gasteiger partial charge in [0.25, 0.3) is 0 Å². The number of halogens is 4. The Morgan fingerprint density at radius 3 is 1.34 bits per heavy atom. The minimum Gasteiger partial charge on any atom is -0.871 e. The minimum absolute atomic E-state index is 0. The summed E-state index contributed by atoms with van der Waals surface area (Å²) in [4.78, 5) is 12.8. The summed E-state index contributed by atoms with van der Waals surface area (Å²) in [5, 5.41) is 23.5. The zero-order valence-corrected chi connectivity index (χ0v) is 27.5. The van der Waals surface area contributed by atoms with Gasteiger partial charge in [-0.15, -0.1) is 0 Å². The fourth-order valence-electron chi connectivity index (χ4n) is 2.63. The number of rotatable bonds is 10. The first-order valence-electron chi connectivity index (χ1n) is 10.6. The van der Waals surface area contributed by atoms with Crippen LogP contribution in [0.25, 0.3) is 0 Å². The van der Waals surface area contributed by atoms with Gasteiger partial charge in [-0.3, -0.25) is 9.98 Å². The van der Waals surface area contributed by atoms with Crippen molar-refractivity contribution in [1.29, 1.82) is 0 Å². The topological polar surface area (TPSA) is 77.3 Å². The van der Waals surface area contributed by atoms with Crippen LogP contribution in [0.15, 0.2) is 52.1 Å². The third-order valence-corrected chi connectivity index (χ3v) is 6.41. The van der Waals surface area contributed by atoms with Gasteiger partial charge in [0.1, 0.15) is 0 Å². The Kier molecular flexibility index (Phi) is 18.7. The largest absolute Gasteiger partial charge is 2.00 e. The zero-order chi connectivity index (χ0) is 25.7. The number of benzene rings is 2. The number of nitrogens with zero attached hydrogens (tertiary/aromatic N) is 4. The third-order valence-electron chi connectivity index (χ3n) is 4.32. The molecule has 0 spiro atoms. The van der Waals surface area contributed by atoms with E-state index in [9.17, 15) is 10.2 Å². The normalized spacial score (nSPS) is 11.3. The van der Waals surface area contributed by atoms with Crippen molar-refractivity contribution in [2.45, 2.75) is 12.8 Å². The Balaban J connectivity index is 0.000000642. The van der Waals surface area contributed by atoms with Crippen molar-refractivity contribution in [3.8, 4) is 11.5 Å². The monoisotopic (exact) mass is 781 g/mol. The molecule has 0 aliphatic rings. The first kappa shape index (κ1) is 34.7. The van der Waals surface area contributed by atoms with Crippen LogP contribution in [0.5, 0.6) is 11.5 Å². The van der Waals surface area contributed by atoms with Gasteiger partial charge in [-0.05, 0) is 89.5 Å². The van der Waals surface area contributed by atoms with Crippen molar-refractivity contribution in [1.82, 2.24) is 9.80 Å². The molecule has 1 radical (unpaired) electrons. The van der Waals surface area contributed by atoms with Crippen LogP contribution in [-0.2, 0) is 16.8 Å². The Morgan fingerprint density at radius 2 is 1.03 bits per heavy atom. The molecule has 2 aromatic rings. The predicted molar refractivity (Wildman–Crippen MR) is 154 cm³/mol. The summed E-state index contributed by atoms with van der Waals surface area (Å²) in [6.07, 6.45) is 5.28. The molecule has 0 aromatic heterocycles. The zero-order valence-electron chi connectivity index (χ0n) is 20.2. The van der Waals surface area contributed by atoms with Crippen LogP contribution in [0.1, 0.15) is 24.0 Å². The van der Waals surface area contributed by atoms with E-state index in [2.05, 4.69) is 83.5 Å². The average molecular weight is 785 g/mol. The molecule has 0 atom stereocenters. The van der Waals surface area contributed by atoms with E-state index < -0.39 is 0 Å². The molecule has 0 aliphatic heterocycles. The summed E-state index contributed by atoms with van der Waals surface area (Å²) in [6, 6.07) is 7.04. The number of hydrogen-bond donors (Lipinski definition) is 0. The van der Waals surface area contributed by atoms with Crippen LogP contribution in [0, 0.1) is 0 Å². The molecule has 35 heavy (non-hydrogen) atoms. The summed E-state index contributed by atoms with van der Waals surface area (Å²) >= 11 is 13.2. The summed E-state index contributed by atoms with van der Waals surface area (Å²) in [6.45, 7) is 3.48. The Labute approximate surface area is 253 Å². The molecular formula is C24H30Br4CoN4O2. The summed E-state index contributed by atoms with van der Waals surface area (Å²) in [7, 11) is 8.13. The molecule has 0 heterocycles. The first-order chi connectivity index (χ1) is 16.0. The van der Waals surface area contributed by atoms with E-state index in [4.69, 9.17) is 0 Å². The number of hydrogen-bond acceptors (Lipinski definition) is 6. The molecule has 0 unspecified atom stereocenters. The van der Waals surface area contributed by atoms with Crippen molar-refractivity contribution in [3.63, 3.8) is 0 Å². The second kappa shape index (κ2) is 18.9. The van der Waals surface area contributed by atoms with E-state index in [-0.39, 0.29) is 28.3 Å². The smallest absolute Gasteiger partial charge is 0.871 e. The van der Waals surface area contributed by atoms with E-state index in [0.717, 1.165) is 48.0 Å². The van der Waals surface area contributed by atoms with E-state index in [1.54, 1.807) is 36.7 Å². The molecule has 0 amide bonds. The van der Waals surface area contributed by atoms with E-state index in [0.29, 0.717) is 20.1 Å². The Hall–Kier alpha value is -0.274. The van der Waals surface area contributed by atoms with Crippen LogP contribution in [-0.4, -0.2) is 76.6 Å². The van der Waals surface area contributed by atoms with Gasteiger partial charge in [0.15, 0.2) is 0 Å². The summed E-state index contributed by atoms with van der Waals surface area (Å²) < 4.78 is 2.86. The fourth-order valence-corrected chi connectivity index (χ4v) is 5.15. The van der Waals surface area contributed by atoms with Crippen LogP contribution in [0.2, 0.25) is 0 Å². The Bertz CT molecular complexity index is 896. The van der Waals surface area contributed by atoms with Gasteiger partial charge >= 0.3 is 16.8 Å². The predicted octanol–water partition coefficient (Wildman–Crippen LogP) is 5.31. The van der Waals surface area contributed by atoms with Crippen molar-refractivity contribution in [2.75, 3.05) is 54.4 Å². The van der Waals surface area contributed by atoms with E-state index in [1.807, 2.05) is 28.2 Å². The van der Waals surface area contributed by atoms with E-state index >= 15 is 0 Å². The molecule has 195 valence electrons. The maximum atomic E-state index is 11.7. The SMILES string of the molecule is CN(C)CCCN=Cc1cc(Br)cc(Br)c1[O-].CN(C)CCCN=Cc1cc(Br)cc(Br)c1[O-].[Co+2]. The van der Waals surface area contributed by atoms with E-state index in [1.165, 1.54) is 0 Å². The van der Waals surface area contributed by atoms with Crippen LogP contribution < -0.4 is 10.2 Å². The molecule has 11 heteroatoms. The van der Waals surface area contributed by atoms with Crippen LogP contribution in [0.3, 0.4) is 0 Å². The second-order valence-corrected chi connectivity index (χ2v) is 11.5. The van der Waals surface area contributed by atoms with Gasteiger partial charge in [-0.25, -0.2) is 0 Å². The van der Waals surface area contributed by atoms with Gasteiger partial charge in [-0.1, -0.05) is 75.2 Å². The van der Waals surface area contributed by atoms with Gasteiger partial charge < -0.3 is 20.0 Å². The van der Waals surface area contributed by atoms with Crippen LogP contribution >= 0.6 is 63.7 Å². The second-order valence-electron chi connectivity index (χ2n) is 8.00. The summed E-state index contributed by atoms with van der Waals surface area (Å²) in [5.41, 5.74) is 1.22. The minimum atomic E-state index is -0.0236. The molecule has 6 nitrogen and oxygen atoms in total. The molecule has 2 aromatic carbocycles. The van der Waals surface area contributed by atoms with Gasteiger partial charge in [0.05, 0.1) is 0 Å². The van der Waals surface area contributed by atoms with Crippen molar-refractivity contribution >= 4 is 76.1 Å². The van der Waals surface area contributed by atoms with Crippen molar-refractivity contribution in [2.24, 2.45) is 9.98 Å². The fraction of sp³-hybridized carbons (Fsp3) is 0.417. The molecule has 0 aliphatic carbocycles. The molecule has 0 bridgehead atoms. The van der Waals surface area contributed by atoms with Crippen LogP contribution in [0.4, 0.5) is 0 Å². The van der Waals surface area contributed by atoms with Crippen molar-refractivity contribution < 1.29 is 27.0 Å². The molecule has 0 N–H and O–H groups in total. The maximum absolute atomic E-state index is 11.7.